The Morgan fingerprint density at radius 3 is 2.67 bits per heavy atom. The number of nitrogens with zero attached hydrogens (tertiary/aromatic N) is 2. The van der Waals surface area contributed by atoms with Crippen LogP contribution in [0.5, 0.6) is 0 Å². The zero-order valence-electron chi connectivity index (χ0n) is 10.5. The minimum atomic E-state index is 0.101. The zero-order valence-corrected chi connectivity index (χ0v) is 11.3. The Bertz CT molecular complexity index is 422. The van der Waals surface area contributed by atoms with Crippen LogP contribution in [-0.2, 0) is 4.79 Å². The van der Waals surface area contributed by atoms with E-state index in [1.807, 2.05) is 0 Å². The molecule has 0 unspecified atom stereocenters. The van der Waals surface area contributed by atoms with E-state index < -0.39 is 0 Å². The zero-order chi connectivity index (χ0) is 12.4. The predicted molar refractivity (Wildman–Crippen MR) is 71.7 cm³/mol. The standard InChI is InChI=1S/C13H19N3OS/c17-11(8-9-6-7-9)14-13-16-15-12(18-13)10-4-2-1-3-5-10/h9-10H,1-8H2,(H,14,16,17). The number of carbonyl (C=O) groups is 1. The minimum Gasteiger partial charge on any atom is -0.301 e. The Balaban J connectivity index is 1.56. The lowest BCUT2D eigenvalue weighted by Crippen LogP contribution is -2.11. The molecule has 3 rings (SSSR count). The van der Waals surface area contributed by atoms with Crippen molar-refractivity contribution in [2.24, 2.45) is 5.92 Å². The minimum absolute atomic E-state index is 0.101. The van der Waals surface area contributed by atoms with Crippen molar-refractivity contribution in [3.05, 3.63) is 5.01 Å². The van der Waals surface area contributed by atoms with Crippen LogP contribution >= 0.6 is 11.3 Å². The van der Waals surface area contributed by atoms with E-state index in [-0.39, 0.29) is 5.91 Å². The van der Waals surface area contributed by atoms with Crippen LogP contribution in [0.4, 0.5) is 5.13 Å². The van der Waals surface area contributed by atoms with Gasteiger partial charge >= 0.3 is 0 Å². The quantitative estimate of drug-likeness (QED) is 0.908. The Morgan fingerprint density at radius 1 is 1.17 bits per heavy atom. The van der Waals surface area contributed by atoms with Crippen molar-refractivity contribution in [1.82, 2.24) is 10.2 Å². The molecule has 0 radical (unpaired) electrons. The Hall–Kier alpha value is -0.970. The molecule has 2 aliphatic carbocycles. The van der Waals surface area contributed by atoms with Gasteiger partial charge in [0.05, 0.1) is 0 Å². The second-order valence-corrected chi connectivity index (χ2v) is 6.49. The van der Waals surface area contributed by atoms with Gasteiger partial charge in [0.1, 0.15) is 5.01 Å². The van der Waals surface area contributed by atoms with Gasteiger partial charge in [-0.05, 0) is 31.6 Å². The molecular weight excluding hydrogens is 246 g/mol. The summed E-state index contributed by atoms with van der Waals surface area (Å²) in [7, 11) is 0. The molecule has 1 N–H and O–H groups in total. The molecule has 0 spiro atoms. The summed E-state index contributed by atoms with van der Waals surface area (Å²) in [5.41, 5.74) is 0. The van der Waals surface area contributed by atoms with Gasteiger partial charge in [0.25, 0.3) is 0 Å². The lowest BCUT2D eigenvalue weighted by atomic mass is 9.90. The van der Waals surface area contributed by atoms with Crippen molar-refractivity contribution >= 4 is 22.4 Å². The maximum atomic E-state index is 11.7. The van der Waals surface area contributed by atoms with Crippen LogP contribution in [-0.4, -0.2) is 16.1 Å². The van der Waals surface area contributed by atoms with Crippen LogP contribution in [0, 0.1) is 5.92 Å². The molecule has 5 heteroatoms. The van der Waals surface area contributed by atoms with E-state index in [4.69, 9.17) is 0 Å². The Labute approximate surface area is 111 Å². The van der Waals surface area contributed by atoms with Crippen LogP contribution in [0.3, 0.4) is 0 Å². The number of anilines is 1. The molecule has 1 heterocycles. The summed E-state index contributed by atoms with van der Waals surface area (Å²) < 4.78 is 0. The molecule has 0 aromatic carbocycles. The second kappa shape index (κ2) is 5.34. The summed E-state index contributed by atoms with van der Waals surface area (Å²) in [6, 6.07) is 0. The van der Waals surface area contributed by atoms with Crippen molar-refractivity contribution < 1.29 is 4.79 Å². The molecule has 0 atom stereocenters. The lowest BCUT2D eigenvalue weighted by Gasteiger charge is -2.18. The summed E-state index contributed by atoms with van der Waals surface area (Å²) in [4.78, 5) is 11.7. The van der Waals surface area contributed by atoms with Crippen LogP contribution < -0.4 is 5.32 Å². The summed E-state index contributed by atoms with van der Waals surface area (Å²) in [6.07, 6.45) is 9.46. The largest absolute Gasteiger partial charge is 0.301 e. The fourth-order valence-electron chi connectivity index (χ4n) is 2.55. The smallest absolute Gasteiger partial charge is 0.226 e. The van der Waals surface area contributed by atoms with E-state index in [1.165, 1.54) is 44.9 Å². The first-order valence-electron chi connectivity index (χ1n) is 6.94. The molecule has 1 aromatic heterocycles. The Kier molecular flexibility index (Phi) is 3.59. The summed E-state index contributed by atoms with van der Waals surface area (Å²) in [5.74, 6) is 1.30. The highest BCUT2D eigenvalue weighted by molar-refractivity contribution is 7.15. The van der Waals surface area contributed by atoms with Gasteiger partial charge in [-0.1, -0.05) is 30.6 Å². The molecule has 1 amide bonds. The highest BCUT2D eigenvalue weighted by atomic mass is 32.1. The molecule has 4 nitrogen and oxygen atoms in total. The van der Waals surface area contributed by atoms with E-state index in [9.17, 15) is 4.79 Å². The van der Waals surface area contributed by atoms with Crippen molar-refractivity contribution in [1.29, 1.82) is 0 Å². The van der Waals surface area contributed by atoms with Crippen molar-refractivity contribution in [2.45, 2.75) is 57.3 Å². The monoisotopic (exact) mass is 265 g/mol. The van der Waals surface area contributed by atoms with Crippen LogP contribution in [0.15, 0.2) is 0 Å². The molecule has 0 bridgehead atoms. The highest BCUT2D eigenvalue weighted by Crippen LogP contribution is 2.36. The van der Waals surface area contributed by atoms with Gasteiger partial charge in [0.2, 0.25) is 11.0 Å². The average molecular weight is 265 g/mol. The third kappa shape index (κ3) is 3.07. The lowest BCUT2D eigenvalue weighted by molar-refractivity contribution is -0.116. The van der Waals surface area contributed by atoms with Gasteiger partial charge in [-0.2, -0.15) is 0 Å². The molecule has 98 valence electrons. The van der Waals surface area contributed by atoms with Gasteiger partial charge in [0, 0.05) is 12.3 Å². The van der Waals surface area contributed by atoms with Crippen molar-refractivity contribution in [3.8, 4) is 0 Å². The topological polar surface area (TPSA) is 54.9 Å². The maximum Gasteiger partial charge on any atom is 0.226 e. The first kappa shape index (κ1) is 12.1. The second-order valence-electron chi connectivity index (χ2n) is 5.48. The van der Waals surface area contributed by atoms with Gasteiger partial charge in [-0.25, -0.2) is 0 Å². The van der Waals surface area contributed by atoms with E-state index in [1.54, 1.807) is 11.3 Å². The number of hydrogen-bond acceptors (Lipinski definition) is 4. The van der Waals surface area contributed by atoms with Crippen LogP contribution in [0.2, 0.25) is 0 Å². The maximum absolute atomic E-state index is 11.7. The molecule has 2 aliphatic rings. The van der Waals surface area contributed by atoms with Gasteiger partial charge in [-0.3, -0.25) is 4.79 Å². The fourth-order valence-corrected chi connectivity index (χ4v) is 3.48. The average Bonchev–Trinajstić information content (AvgIpc) is 3.06. The number of hydrogen-bond donors (Lipinski definition) is 1. The number of rotatable bonds is 4. The predicted octanol–water partition coefficient (Wildman–Crippen LogP) is 3.32. The van der Waals surface area contributed by atoms with E-state index in [2.05, 4.69) is 15.5 Å². The molecule has 2 saturated carbocycles. The normalized spacial score (nSPS) is 20.9. The number of nitrogens with one attached hydrogen (secondary N) is 1. The fraction of sp³-hybridized carbons (Fsp3) is 0.769. The summed E-state index contributed by atoms with van der Waals surface area (Å²) >= 11 is 1.56. The third-order valence-corrected chi connectivity index (χ3v) is 4.81. The number of carbonyl (C=O) groups excluding carboxylic acids is 1. The molecule has 0 aliphatic heterocycles. The van der Waals surface area contributed by atoms with Gasteiger partial charge < -0.3 is 5.32 Å². The molecule has 0 saturated heterocycles. The summed E-state index contributed by atoms with van der Waals surface area (Å²) in [6.45, 7) is 0. The molecular formula is C13H19N3OS. The van der Waals surface area contributed by atoms with Gasteiger partial charge in [0.15, 0.2) is 0 Å². The highest BCUT2D eigenvalue weighted by Gasteiger charge is 2.25. The van der Waals surface area contributed by atoms with Crippen LogP contribution in [0.1, 0.15) is 62.3 Å². The first-order valence-corrected chi connectivity index (χ1v) is 7.76. The van der Waals surface area contributed by atoms with Crippen LogP contribution in [0.25, 0.3) is 0 Å². The first-order chi connectivity index (χ1) is 8.81. The van der Waals surface area contributed by atoms with Crippen molar-refractivity contribution in [3.63, 3.8) is 0 Å². The van der Waals surface area contributed by atoms with Gasteiger partial charge in [-0.15, -0.1) is 10.2 Å². The third-order valence-electron chi connectivity index (χ3n) is 3.81. The number of amides is 1. The summed E-state index contributed by atoms with van der Waals surface area (Å²) in [5, 5.41) is 13.0. The molecule has 1 aromatic rings. The van der Waals surface area contributed by atoms with E-state index in [0.717, 1.165) is 5.01 Å². The Morgan fingerprint density at radius 2 is 1.94 bits per heavy atom. The molecule has 18 heavy (non-hydrogen) atoms. The van der Waals surface area contributed by atoms with E-state index in [0.29, 0.717) is 23.4 Å². The van der Waals surface area contributed by atoms with E-state index >= 15 is 0 Å². The van der Waals surface area contributed by atoms with Crippen molar-refractivity contribution in [2.75, 3.05) is 5.32 Å². The molecule has 2 fully saturated rings. The SMILES string of the molecule is O=C(CC1CC1)Nc1nnc(C2CCCCC2)s1. The number of aromatic nitrogens is 2.